The average Bonchev–Trinajstić information content (AvgIpc) is 3.31. The molecule has 2 aromatic rings. The smallest absolute Gasteiger partial charge is 0.353 e. The Hall–Kier alpha value is -1.89. The summed E-state index contributed by atoms with van der Waals surface area (Å²) in [4.78, 5) is 16.6. The van der Waals surface area contributed by atoms with Crippen LogP contribution in [0.4, 0.5) is 5.82 Å². The number of nitrogens with zero attached hydrogens (tertiary/aromatic N) is 5. The van der Waals surface area contributed by atoms with E-state index in [9.17, 15) is 4.79 Å². The summed E-state index contributed by atoms with van der Waals surface area (Å²) in [7, 11) is 0. The molecule has 2 aliphatic carbocycles. The zero-order valence-electron chi connectivity index (χ0n) is 13.2. The van der Waals surface area contributed by atoms with Gasteiger partial charge in [0.1, 0.15) is 5.82 Å². The summed E-state index contributed by atoms with van der Waals surface area (Å²) in [6, 6.07) is 4.63. The van der Waals surface area contributed by atoms with Crippen LogP contribution in [0, 0.1) is 11.8 Å². The second-order valence-electron chi connectivity index (χ2n) is 7.26. The summed E-state index contributed by atoms with van der Waals surface area (Å²) in [6.07, 6.45) is 5.79. The Bertz CT molecular complexity index is 774. The fraction of sp³-hybridized carbons (Fsp3) is 0.688. The van der Waals surface area contributed by atoms with Gasteiger partial charge in [-0.05, 0) is 43.2 Å². The molecule has 2 saturated carbocycles. The van der Waals surface area contributed by atoms with Crippen LogP contribution in [0.5, 0.6) is 0 Å². The maximum atomic E-state index is 11.7. The summed E-state index contributed by atoms with van der Waals surface area (Å²) in [6.45, 7) is 4.18. The molecule has 23 heavy (non-hydrogen) atoms. The van der Waals surface area contributed by atoms with Crippen LogP contribution in [-0.4, -0.2) is 56.9 Å². The van der Waals surface area contributed by atoms with Gasteiger partial charge in [-0.1, -0.05) is 6.42 Å². The SMILES string of the molecule is O=c1[nH]nc2ccc(N3CCN([C@@H]4C[C@H]5CC[C@H]4C5)CC3)nn12. The van der Waals surface area contributed by atoms with Crippen LogP contribution in [0.15, 0.2) is 16.9 Å². The molecule has 1 saturated heterocycles. The summed E-state index contributed by atoms with van der Waals surface area (Å²) < 4.78 is 1.34. The number of aromatic nitrogens is 4. The third-order valence-electron chi connectivity index (χ3n) is 6.07. The van der Waals surface area contributed by atoms with Gasteiger partial charge in [-0.2, -0.15) is 9.61 Å². The van der Waals surface area contributed by atoms with E-state index in [4.69, 9.17) is 0 Å². The van der Waals surface area contributed by atoms with Crippen molar-refractivity contribution < 1.29 is 0 Å². The van der Waals surface area contributed by atoms with Crippen molar-refractivity contribution in [3.8, 4) is 0 Å². The van der Waals surface area contributed by atoms with E-state index >= 15 is 0 Å². The topological polar surface area (TPSA) is 69.5 Å². The van der Waals surface area contributed by atoms with Gasteiger partial charge in [0.2, 0.25) is 0 Å². The summed E-state index contributed by atoms with van der Waals surface area (Å²) >= 11 is 0. The van der Waals surface area contributed by atoms with E-state index in [1.54, 1.807) is 0 Å². The first-order chi connectivity index (χ1) is 11.3. The average molecular weight is 314 g/mol. The third-order valence-corrected chi connectivity index (χ3v) is 6.07. The molecule has 2 bridgehead atoms. The maximum Gasteiger partial charge on any atom is 0.364 e. The largest absolute Gasteiger partial charge is 0.364 e. The molecule has 1 aliphatic heterocycles. The van der Waals surface area contributed by atoms with Crippen LogP contribution in [-0.2, 0) is 0 Å². The fourth-order valence-electron chi connectivity index (χ4n) is 4.90. The van der Waals surface area contributed by atoms with E-state index in [2.05, 4.69) is 25.1 Å². The van der Waals surface area contributed by atoms with Crippen LogP contribution in [0.25, 0.3) is 5.65 Å². The quantitative estimate of drug-likeness (QED) is 0.885. The standard InChI is InChI=1S/C16H22N6O/c23-16-18-17-14-3-4-15(19-22(14)16)21-7-5-20(6-8-21)13-10-11-1-2-12(13)9-11/h3-4,11-13H,1-2,5-10H2,(H,18,23)/t11-,12-,13+/m0/s1. The van der Waals surface area contributed by atoms with E-state index in [1.807, 2.05) is 12.1 Å². The molecular formula is C16H22N6O. The predicted molar refractivity (Wildman–Crippen MR) is 86.6 cm³/mol. The van der Waals surface area contributed by atoms with Gasteiger partial charge >= 0.3 is 5.69 Å². The first-order valence-corrected chi connectivity index (χ1v) is 8.71. The number of nitrogens with one attached hydrogen (secondary N) is 1. The zero-order chi connectivity index (χ0) is 15.4. The highest BCUT2D eigenvalue weighted by molar-refractivity contribution is 5.45. The first kappa shape index (κ1) is 13.5. The minimum Gasteiger partial charge on any atom is -0.353 e. The second kappa shape index (κ2) is 5.06. The number of hydrogen-bond donors (Lipinski definition) is 1. The van der Waals surface area contributed by atoms with Crippen molar-refractivity contribution in [2.24, 2.45) is 11.8 Å². The zero-order valence-corrected chi connectivity index (χ0v) is 13.2. The Labute approximate surface area is 134 Å². The fourth-order valence-corrected chi connectivity index (χ4v) is 4.90. The Morgan fingerprint density at radius 1 is 1.09 bits per heavy atom. The molecule has 3 fully saturated rings. The number of rotatable bonds is 2. The van der Waals surface area contributed by atoms with E-state index in [1.165, 1.54) is 30.2 Å². The van der Waals surface area contributed by atoms with Gasteiger partial charge in [-0.3, -0.25) is 4.90 Å². The number of H-pyrrole nitrogens is 1. The molecule has 3 heterocycles. The van der Waals surface area contributed by atoms with Gasteiger partial charge in [0.25, 0.3) is 0 Å². The van der Waals surface area contributed by atoms with Crippen molar-refractivity contribution in [3.63, 3.8) is 0 Å². The molecule has 7 nitrogen and oxygen atoms in total. The number of aromatic amines is 1. The van der Waals surface area contributed by atoms with E-state index in [0.29, 0.717) is 5.65 Å². The van der Waals surface area contributed by atoms with Crippen LogP contribution < -0.4 is 10.6 Å². The van der Waals surface area contributed by atoms with Gasteiger partial charge in [0.05, 0.1) is 0 Å². The molecule has 122 valence electrons. The van der Waals surface area contributed by atoms with Crippen LogP contribution in [0.2, 0.25) is 0 Å². The summed E-state index contributed by atoms with van der Waals surface area (Å²) in [5.41, 5.74) is 0.293. The number of anilines is 1. The molecular weight excluding hydrogens is 292 g/mol. The van der Waals surface area contributed by atoms with Gasteiger partial charge in [-0.15, -0.1) is 5.10 Å². The molecule has 0 radical (unpaired) electrons. The minimum atomic E-state index is -0.275. The molecule has 1 N–H and O–H groups in total. The summed E-state index contributed by atoms with van der Waals surface area (Å²) in [5.74, 6) is 2.82. The van der Waals surface area contributed by atoms with E-state index in [-0.39, 0.29) is 5.69 Å². The number of piperazine rings is 1. The predicted octanol–water partition coefficient (Wildman–Crippen LogP) is 0.728. The van der Waals surface area contributed by atoms with Crippen molar-refractivity contribution in [3.05, 3.63) is 22.6 Å². The Kier molecular flexibility index (Phi) is 2.98. The van der Waals surface area contributed by atoms with Crippen LogP contribution in [0.3, 0.4) is 0 Å². The molecule has 5 rings (SSSR count). The van der Waals surface area contributed by atoms with E-state index < -0.39 is 0 Å². The number of fused-ring (bicyclic) bond motifs is 3. The van der Waals surface area contributed by atoms with E-state index in [0.717, 1.165) is 49.9 Å². The molecule has 3 atom stereocenters. The molecule has 0 unspecified atom stereocenters. The lowest BCUT2D eigenvalue weighted by Crippen LogP contribution is -2.52. The number of hydrogen-bond acceptors (Lipinski definition) is 5. The molecule has 3 aliphatic rings. The van der Waals surface area contributed by atoms with Crippen molar-refractivity contribution in [2.75, 3.05) is 31.1 Å². The summed E-state index contributed by atoms with van der Waals surface area (Å²) in [5, 5.41) is 10.8. The second-order valence-corrected chi connectivity index (χ2v) is 7.26. The molecule has 2 aromatic heterocycles. The van der Waals surface area contributed by atoms with Crippen LogP contribution >= 0.6 is 0 Å². The third kappa shape index (κ3) is 2.17. The normalized spacial score (nSPS) is 31.3. The molecule has 7 heteroatoms. The van der Waals surface area contributed by atoms with Crippen molar-refractivity contribution in [1.82, 2.24) is 24.7 Å². The molecule has 0 aromatic carbocycles. The molecule has 0 spiro atoms. The van der Waals surface area contributed by atoms with Crippen molar-refractivity contribution >= 4 is 11.5 Å². The van der Waals surface area contributed by atoms with Gasteiger partial charge in [-0.25, -0.2) is 9.89 Å². The monoisotopic (exact) mass is 314 g/mol. The lowest BCUT2D eigenvalue weighted by atomic mass is 9.93. The highest BCUT2D eigenvalue weighted by Crippen LogP contribution is 2.46. The van der Waals surface area contributed by atoms with Gasteiger partial charge in [0.15, 0.2) is 5.65 Å². The van der Waals surface area contributed by atoms with Crippen LogP contribution in [0.1, 0.15) is 25.7 Å². The lowest BCUT2D eigenvalue weighted by Gasteiger charge is -2.41. The van der Waals surface area contributed by atoms with Gasteiger partial charge in [0, 0.05) is 32.2 Å². The maximum absolute atomic E-state index is 11.7. The molecule has 0 amide bonds. The minimum absolute atomic E-state index is 0.275. The van der Waals surface area contributed by atoms with Crippen molar-refractivity contribution in [2.45, 2.75) is 31.7 Å². The Balaban J connectivity index is 1.30. The first-order valence-electron chi connectivity index (χ1n) is 8.71. The van der Waals surface area contributed by atoms with Gasteiger partial charge < -0.3 is 4.90 Å². The Morgan fingerprint density at radius 3 is 2.70 bits per heavy atom. The lowest BCUT2D eigenvalue weighted by molar-refractivity contribution is 0.134. The van der Waals surface area contributed by atoms with Crippen molar-refractivity contribution in [1.29, 1.82) is 0 Å². The highest BCUT2D eigenvalue weighted by atomic mass is 16.2. The highest BCUT2D eigenvalue weighted by Gasteiger charge is 2.42. The Morgan fingerprint density at radius 2 is 1.96 bits per heavy atom.